The van der Waals surface area contributed by atoms with Gasteiger partial charge in [0.2, 0.25) is 5.91 Å². The van der Waals surface area contributed by atoms with Gasteiger partial charge in [-0.1, -0.05) is 26.8 Å². The molecule has 1 aliphatic carbocycles. The second kappa shape index (κ2) is 6.62. The van der Waals surface area contributed by atoms with E-state index in [4.69, 9.17) is 0 Å². The van der Waals surface area contributed by atoms with Gasteiger partial charge in [0.05, 0.1) is 0 Å². The second-order valence-electron chi connectivity index (χ2n) is 8.77. The molecule has 2 fully saturated rings. The highest BCUT2D eigenvalue weighted by Gasteiger charge is 2.56. The van der Waals surface area contributed by atoms with Crippen molar-refractivity contribution in [2.24, 2.45) is 11.3 Å². The van der Waals surface area contributed by atoms with Gasteiger partial charge in [-0.2, -0.15) is 0 Å². The van der Waals surface area contributed by atoms with E-state index in [0.717, 1.165) is 11.3 Å². The fourth-order valence-corrected chi connectivity index (χ4v) is 4.66. The molecule has 0 radical (unpaired) electrons. The van der Waals surface area contributed by atoms with Crippen LogP contribution >= 0.6 is 0 Å². The molecule has 1 aliphatic heterocycles. The molecule has 2 N–H and O–H groups in total. The summed E-state index contributed by atoms with van der Waals surface area (Å²) in [5, 5.41) is 5.38. The molecule has 1 spiro atoms. The molecule has 1 saturated carbocycles. The Morgan fingerprint density at radius 1 is 1.33 bits per heavy atom. The van der Waals surface area contributed by atoms with Crippen LogP contribution in [0.25, 0.3) is 0 Å². The lowest BCUT2D eigenvalue weighted by atomic mass is 9.64. The summed E-state index contributed by atoms with van der Waals surface area (Å²) >= 11 is 0. The highest BCUT2D eigenvalue weighted by atomic mass is 19.1. The van der Waals surface area contributed by atoms with Crippen LogP contribution < -0.4 is 10.6 Å². The fraction of sp³-hybridized carbons (Fsp3) is 0.550. The maximum absolute atomic E-state index is 13.6. The average molecular weight is 375 g/mol. The number of benzene rings is 1. The SMILES string of the molecule is Cc1ccc(NC(=O)CN2C(=O)N[C@]3(C[C@H](C)CC(C)(C)C3)C2=O)cc1F. The molecule has 7 heteroatoms. The third-order valence-electron chi connectivity index (χ3n) is 5.38. The Morgan fingerprint density at radius 2 is 2.04 bits per heavy atom. The van der Waals surface area contributed by atoms with Gasteiger partial charge < -0.3 is 10.6 Å². The highest BCUT2D eigenvalue weighted by Crippen LogP contribution is 2.46. The summed E-state index contributed by atoms with van der Waals surface area (Å²) in [6, 6.07) is 3.80. The number of halogens is 1. The predicted molar refractivity (Wildman–Crippen MR) is 99.5 cm³/mol. The van der Waals surface area contributed by atoms with Crippen molar-refractivity contribution in [3.05, 3.63) is 29.6 Å². The van der Waals surface area contributed by atoms with Crippen molar-refractivity contribution in [2.45, 2.75) is 52.5 Å². The van der Waals surface area contributed by atoms with Gasteiger partial charge in [0.15, 0.2) is 0 Å². The quantitative estimate of drug-likeness (QED) is 0.797. The maximum Gasteiger partial charge on any atom is 0.325 e. The van der Waals surface area contributed by atoms with Gasteiger partial charge in [0, 0.05) is 5.69 Å². The van der Waals surface area contributed by atoms with Crippen LogP contribution in [0.2, 0.25) is 0 Å². The monoisotopic (exact) mass is 375 g/mol. The Morgan fingerprint density at radius 3 is 2.67 bits per heavy atom. The van der Waals surface area contributed by atoms with Gasteiger partial charge in [-0.3, -0.25) is 14.5 Å². The average Bonchev–Trinajstić information content (AvgIpc) is 2.72. The first-order valence-electron chi connectivity index (χ1n) is 9.21. The minimum atomic E-state index is -0.936. The Hall–Kier alpha value is -2.44. The van der Waals surface area contributed by atoms with E-state index >= 15 is 0 Å². The van der Waals surface area contributed by atoms with Crippen molar-refractivity contribution in [1.29, 1.82) is 0 Å². The summed E-state index contributed by atoms with van der Waals surface area (Å²) in [7, 11) is 0. The van der Waals surface area contributed by atoms with E-state index in [-0.39, 0.29) is 17.0 Å². The third kappa shape index (κ3) is 3.82. The van der Waals surface area contributed by atoms with Gasteiger partial charge in [-0.05, 0) is 55.2 Å². The van der Waals surface area contributed by atoms with Crippen LogP contribution in [0.15, 0.2) is 18.2 Å². The number of hydrogen-bond acceptors (Lipinski definition) is 3. The number of hydrogen-bond donors (Lipinski definition) is 2. The summed E-state index contributed by atoms with van der Waals surface area (Å²) in [5.41, 5.74) is -0.248. The van der Waals surface area contributed by atoms with Crippen LogP contribution in [-0.2, 0) is 9.59 Å². The molecule has 0 unspecified atom stereocenters. The smallest absolute Gasteiger partial charge is 0.324 e. The molecule has 1 aromatic carbocycles. The number of rotatable bonds is 3. The van der Waals surface area contributed by atoms with E-state index in [1.165, 1.54) is 6.07 Å². The Balaban J connectivity index is 1.72. The Bertz CT molecular complexity index is 808. The van der Waals surface area contributed by atoms with Crippen LogP contribution in [0.5, 0.6) is 0 Å². The number of nitrogens with zero attached hydrogens (tertiary/aromatic N) is 1. The summed E-state index contributed by atoms with van der Waals surface area (Å²) in [4.78, 5) is 38.7. The van der Waals surface area contributed by atoms with E-state index in [2.05, 4.69) is 31.4 Å². The molecule has 0 bridgehead atoms. The van der Waals surface area contributed by atoms with E-state index in [1.54, 1.807) is 19.1 Å². The zero-order chi connectivity index (χ0) is 20.0. The second-order valence-corrected chi connectivity index (χ2v) is 8.77. The molecule has 4 amide bonds. The van der Waals surface area contributed by atoms with E-state index < -0.39 is 29.8 Å². The van der Waals surface area contributed by atoms with Crippen LogP contribution in [0.1, 0.15) is 45.6 Å². The van der Waals surface area contributed by atoms with Crippen molar-refractivity contribution in [2.75, 3.05) is 11.9 Å². The zero-order valence-corrected chi connectivity index (χ0v) is 16.2. The van der Waals surface area contributed by atoms with Crippen LogP contribution in [-0.4, -0.2) is 34.8 Å². The summed E-state index contributed by atoms with van der Waals surface area (Å²) in [5.74, 6) is -1.03. The summed E-state index contributed by atoms with van der Waals surface area (Å²) in [6.45, 7) is 7.48. The zero-order valence-electron chi connectivity index (χ0n) is 16.2. The minimum Gasteiger partial charge on any atom is -0.324 e. The number of urea groups is 1. The van der Waals surface area contributed by atoms with Gasteiger partial charge in [-0.25, -0.2) is 9.18 Å². The number of imide groups is 1. The molecular weight excluding hydrogens is 349 g/mol. The number of anilines is 1. The van der Waals surface area contributed by atoms with E-state index in [1.807, 2.05) is 0 Å². The number of carbonyl (C=O) groups excluding carboxylic acids is 3. The van der Waals surface area contributed by atoms with Crippen molar-refractivity contribution < 1.29 is 18.8 Å². The Kier molecular flexibility index (Phi) is 4.74. The minimum absolute atomic E-state index is 0.0711. The molecule has 1 saturated heterocycles. The molecule has 27 heavy (non-hydrogen) atoms. The third-order valence-corrected chi connectivity index (χ3v) is 5.38. The number of aryl methyl sites for hydroxylation is 1. The largest absolute Gasteiger partial charge is 0.325 e. The molecule has 1 heterocycles. The molecule has 0 aromatic heterocycles. The first kappa shape index (κ1) is 19.3. The summed E-state index contributed by atoms with van der Waals surface area (Å²) in [6.07, 6.45) is 2.11. The molecule has 146 valence electrons. The number of carbonyl (C=O) groups is 3. The van der Waals surface area contributed by atoms with Gasteiger partial charge in [-0.15, -0.1) is 0 Å². The number of amides is 4. The predicted octanol–water partition coefficient (Wildman–Crippen LogP) is 3.21. The first-order valence-corrected chi connectivity index (χ1v) is 9.21. The molecular formula is C20H26FN3O3. The lowest BCUT2D eigenvalue weighted by molar-refractivity contribution is -0.136. The topological polar surface area (TPSA) is 78.5 Å². The fourth-order valence-electron chi connectivity index (χ4n) is 4.66. The van der Waals surface area contributed by atoms with Crippen molar-refractivity contribution >= 4 is 23.5 Å². The number of nitrogens with one attached hydrogen (secondary N) is 2. The van der Waals surface area contributed by atoms with Crippen molar-refractivity contribution in [3.8, 4) is 0 Å². The van der Waals surface area contributed by atoms with E-state index in [9.17, 15) is 18.8 Å². The van der Waals surface area contributed by atoms with Crippen LogP contribution in [0, 0.1) is 24.1 Å². The van der Waals surface area contributed by atoms with Gasteiger partial charge in [0.25, 0.3) is 5.91 Å². The highest BCUT2D eigenvalue weighted by molar-refractivity contribution is 6.10. The summed E-state index contributed by atoms with van der Waals surface area (Å²) < 4.78 is 13.6. The van der Waals surface area contributed by atoms with E-state index in [0.29, 0.717) is 24.3 Å². The molecule has 2 atom stereocenters. The van der Waals surface area contributed by atoms with Crippen molar-refractivity contribution in [3.63, 3.8) is 0 Å². The molecule has 6 nitrogen and oxygen atoms in total. The Labute approximate surface area is 158 Å². The lowest BCUT2D eigenvalue weighted by Crippen LogP contribution is -2.54. The first-order chi connectivity index (χ1) is 12.5. The van der Waals surface area contributed by atoms with Crippen LogP contribution in [0.3, 0.4) is 0 Å². The molecule has 2 aliphatic rings. The van der Waals surface area contributed by atoms with Crippen LogP contribution in [0.4, 0.5) is 14.9 Å². The van der Waals surface area contributed by atoms with Crippen molar-refractivity contribution in [1.82, 2.24) is 10.2 Å². The maximum atomic E-state index is 13.6. The lowest BCUT2D eigenvalue weighted by Gasteiger charge is -2.43. The standard InChI is InChI=1S/C20H26FN3O3/c1-12-8-19(3,4)11-20(9-12)17(26)24(18(27)23-20)10-16(25)22-14-6-5-13(2)15(21)7-14/h5-7,12H,8-11H2,1-4H3,(H,22,25)(H,23,27)/t12-,20+/m1/s1. The molecule has 3 rings (SSSR count). The normalized spacial score (nSPS) is 27.0. The molecule has 1 aromatic rings. The van der Waals surface area contributed by atoms with Gasteiger partial charge in [0.1, 0.15) is 17.9 Å². The van der Waals surface area contributed by atoms with Gasteiger partial charge >= 0.3 is 6.03 Å².